The van der Waals surface area contributed by atoms with Crippen molar-refractivity contribution in [2.75, 3.05) is 26.8 Å². The van der Waals surface area contributed by atoms with Crippen LogP contribution in [0.4, 0.5) is 0 Å². The average molecular weight is 271 g/mol. The van der Waals surface area contributed by atoms with Gasteiger partial charge in [0, 0.05) is 25.7 Å². The molecule has 1 amide bonds. The summed E-state index contributed by atoms with van der Waals surface area (Å²) in [5, 5.41) is 2.73. The molecule has 0 aromatic rings. The lowest BCUT2D eigenvalue weighted by molar-refractivity contribution is -0.137. The summed E-state index contributed by atoms with van der Waals surface area (Å²) in [7, 11) is 1.67. The molecule has 112 valence electrons. The molecule has 1 heterocycles. The van der Waals surface area contributed by atoms with Crippen LogP contribution in [-0.2, 0) is 9.53 Å². The second kappa shape index (κ2) is 6.68. The molecule has 0 aliphatic carbocycles. The maximum absolute atomic E-state index is 12.0. The molecule has 0 saturated carbocycles. The van der Waals surface area contributed by atoms with Crippen molar-refractivity contribution in [1.82, 2.24) is 10.2 Å². The van der Waals surface area contributed by atoms with Gasteiger partial charge in [0.05, 0.1) is 13.2 Å². The molecule has 0 aromatic heterocycles. The summed E-state index contributed by atoms with van der Waals surface area (Å²) >= 11 is 0. The quantitative estimate of drug-likeness (QED) is 0.785. The van der Waals surface area contributed by atoms with Crippen molar-refractivity contribution in [2.45, 2.75) is 52.2 Å². The van der Waals surface area contributed by atoms with E-state index in [1.807, 2.05) is 0 Å². The Hall–Kier alpha value is -0.650. The zero-order valence-corrected chi connectivity index (χ0v) is 12.9. The lowest BCUT2D eigenvalue weighted by atomic mass is 9.79. The summed E-state index contributed by atoms with van der Waals surface area (Å²) in [4.78, 5) is 14.3. The van der Waals surface area contributed by atoms with Crippen molar-refractivity contribution in [2.24, 2.45) is 11.1 Å². The first-order chi connectivity index (χ1) is 8.82. The van der Waals surface area contributed by atoms with Gasteiger partial charge in [-0.25, -0.2) is 0 Å². The topological polar surface area (TPSA) is 67.6 Å². The first-order valence-corrected chi connectivity index (χ1v) is 7.13. The molecular weight excluding hydrogens is 242 g/mol. The van der Waals surface area contributed by atoms with Gasteiger partial charge in [0.15, 0.2) is 0 Å². The summed E-state index contributed by atoms with van der Waals surface area (Å²) < 4.78 is 5.47. The average Bonchev–Trinajstić information content (AvgIpc) is 2.36. The number of nitrogens with one attached hydrogen (secondary N) is 1. The molecular formula is C14H29N3O2. The number of carbonyl (C=O) groups excluding carboxylic acids is 1. The van der Waals surface area contributed by atoms with Gasteiger partial charge in [0.1, 0.15) is 6.04 Å². The number of morpholine rings is 1. The van der Waals surface area contributed by atoms with Gasteiger partial charge < -0.3 is 15.8 Å². The van der Waals surface area contributed by atoms with Gasteiger partial charge in [-0.3, -0.25) is 9.69 Å². The minimum Gasteiger partial charge on any atom is -0.378 e. The van der Waals surface area contributed by atoms with Gasteiger partial charge in [-0.1, -0.05) is 27.7 Å². The zero-order chi connectivity index (χ0) is 14.6. The van der Waals surface area contributed by atoms with E-state index in [4.69, 9.17) is 10.5 Å². The third kappa shape index (κ3) is 3.91. The second-order valence-electron chi connectivity index (χ2n) is 6.33. The number of hydrogen-bond acceptors (Lipinski definition) is 4. The molecule has 1 rings (SSSR count). The molecule has 0 spiro atoms. The Balaban J connectivity index is 3.00. The fourth-order valence-corrected chi connectivity index (χ4v) is 2.95. The van der Waals surface area contributed by atoms with Gasteiger partial charge in [-0.15, -0.1) is 0 Å². The van der Waals surface area contributed by atoms with E-state index in [-0.39, 0.29) is 29.4 Å². The SMILES string of the molecule is CCC(N)C(N1CCOCC1C(=O)NC)C(C)(C)C. The number of carbonyl (C=O) groups is 1. The van der Waals surface area contributed by atoms with Gasteiger partial charge in [0.2, 0.25) is 5.91 Å². The van der Waals surface area contributed by atoms with Crippen molar-refractivity contribution >= 4 is 5.91 Å². The van der Waals surface area contributed by atoms with E-state index in [9.17, 15) is 4.79 Å². The molecule has 1 fully saturated rings. The maximum Gasteiger partial charge on any atom is 0.239 e. The molecule has 0 radical (unpaired) electrons. The van der Waals surface area contributed by atoms with Gasteiger partial charge in [-0.2, -0.15) is 0 Å². The van der Waals surface area contributed by atoms with Crippen LogP contribution in [0.1, 0.15) is 34.1 Å². The maximum atomic E-state index is 12.0. The van der Waals surface area contributed by atoms with Gasteiger partial charge in [0.25, 0.3) is 0 Å². The van der Waals surface area contributed by atoms with Crippen molar-refractivity contribution in [3.8, 4) is 0 Å². The predicted octanol–water partition coefficient (Wildman–Crippen LogP) is 0.585. The van der Waals surface area contributed by atoms with Crippen molar-refractivity contribution in [3.63, 3.8) is 0 Å². The molecule has 3 unspecified atom stereocenters. The predicted molar refractivity (Wildman–Crippen MR) is 76.9 cm³/mol. The number of rotatable bonds is 4. The van der Waals surface area contributed by atoms with Crippen molar-refractivity contribution in [1.29, 1.82) is 0 Å². The number of nitrogens with zero attached hydrogens (tertiary/aromatic N) is 1. The number of amides is 1. The summed E-state index contributed by atoms with van der Waals surface area (Å²) in [6.45, 7) is 10.5. The lowest BCUT2D eigenvalue weighted by Gasteiger charge is -2.48. The summed E-state index contributed by atoms with van der Waals surface area (Å²) in [5.41, 5.74) is 6.35. The van der Waals surface area contributed by atoms with Crippen LogP contribution < -0.4 is 11.1 Å². The third-order valence-corrected chi connectivity index (χ3v) is 3.84. The second-order valence-corrected chi connectivity index (χ2v) is 6.33. The van der Waals surface area contributed by atoms with Crippen LogP contribution in [0.5, 0.6) is 0 Å². The Morgan fingerprint density at radius 2 is 2.16 bits per heavy atom. The van der Waals surface area contributed by atoms with Crippen LogP contribution in [0.25, 0.3) is 0 Å². The molecule has 19 heavy (non-hydrogen) atoms. The highest BCUT2D eigenvalue weighted by Gasteiger charge is 2.41. The van der Waals surface area contributed by atoms with E-state index in [0.29, 0.717) is 13.2 Å². The summed E-state index contributed by atoms with van der Waals surface area (Å²) in [5.74, 6) is 0.0113. The zero-order valence-electron chi connectivity index (χ0n) is 12.9. The van der Waals surface area contributed by atoms with E-state index in [2.05, 4.69) is 37.9 Å². The van der Waals surface area contributed by atoms with Crippen LogP contribution in [0.15, 0.2) is 0 Å². The molecule has 1 aliphatic rings. The molecule has 1 aliphatic heterocycles. The van der Waals surface area contributed by atoms with Crippen molar-refractivity contribution < 1.29 is 9.53 Å². The first-order valence-electron chi connectivity index (χ1n) is 7.13. The van der Waals surface area contributed by atoms with Crippen LogP contribution >= 0.6 is 0 Å². The van der Waals surface area contributed by atoms with E-state index < -0.39 is 0 Å². The molecule has 1 saturated heterocycles. The van der Waals surface area contributed by atoms with Crippen LogP contribution in [0, 0.1) is 5.41 Å². The first kappa shape index (κ1) is 16.4. The largest absolute Gasteiger partial charge is 0.378 e. The smallest absolute Gasteiger partial charge is 0.239 e. The number of likely N-dealkylation sites (N-methyl/N-ethyl adjacent to an activating group) is 1. The van der Waals surface area contributed by atoms with E-state index in [1.54, 1.807) is 7.05 Å². The highest BCUT2D eigenvalue weighted by atomic mass is 16.5. The number of ether oxygens (including phenoxy) is 1. The van der Waals surface area contributed by atoms with E-state index in [0.717, 1.165) is 13.0 Å². The summed E-state index contributed by atoms with van der Waals surface area (Å²) in [6.07, 6.45) is 0.903. The number of hydrogen-bond donors (Lipinski definition) is 2. The van der Waals surface area contributed by atoms with E-state index >= 15 is 0 Å². The normalized spacial score (nSPS) is 24.8. The monoisotopic (exact) mass is 271 g/mol. The molecule has 5 heteroatoms. The molecule has 3 atom stereocenters. The van der Waals surface area contributed by atoms with Crippen molar-refractivity contribution in [3.05, 3.63) is 0 Å². The van der Waals surface area contributed by atoms with Gasteiger partial charge >= 0.3 is 0 Å². The van der Waals surface area contributed by atoms with Crippen LogP contribution in [0.2, 0.25) is 0 Å². The van der Waals surface area contributed by atoms with Crippen LogP contribution in [-0.4, -0.2) is 55.7 Å². The fourth-order valence-electron chi connectivity index (χ4n) is 2.95. The van der Waals surface area contributed by atoms with Crippen LogP contribution in [0.3, 0.4) is 0 Å². The minimum atomic E-state index is -0.236. The molecule has 3 N–H and O–H groups in total. The fraction of sp³-hybridized carbons (Fsp3) is 0.929. The Bertz CT molecular complexity index is 302. The number of nitrogens with two attached hydrogens (primary N) is 1. The highest BCUT2D eigenvalue weighted by molar-refractivity contribution is 5.81. The molecule has 5 nitrogen and oxygen atoms in total. The highest BCUT2D eigenvalue weighted by Crippen LogP contribution is 2.30. The minimum absolute atomic E-state index is 0.0113. The summed E-state index contributed by atoms with van der Waals surface area (Å²) in [6, 6.07) is -0.00506. The lowest BCUT2D eigenvalue weighted by Crippen LogP contribution is -2.64. The Kier molecular flexibility index (Phi) is 5.77. The van der Waals surface area contributed by atoms with Gasteiger partial charge in [-0.05, 0) is 11.8 Å². The standard InChI is InChI=1S/C14H29N3O2/c1-6-10(15)12(14(2,3)4)17-7-8-19-9-11(17)13(18)16-5/h10-12H,6-9,15H2,1-5H3,(H,16,18). The third-order valence-electron chi connectivity index (χ3n) is 3.84. The Morgan fingerprint density at radius 1 is 1.53 bits per heavy atom. The molecule has 0 aromatic carbocycles. The Morgan fingerprint density at radius 3 is 2.63 bits per heavy atom. The molecule has 0 bridgehead atoms. The Labute approximate surface area is 116 Å². The van der Waals surface area contributed by atoms with E-state index in [1.165, 1.54) is 0 Å².